The van der Waals surface area contributed by atoms with Crippen LogP contribution in [0, 0.1) is 5.92 Å². The van der Waals surface area contributed by atoms with Crippen molar-refractivity contribution in [3.8, 4) is 0 Å². The van der Waals surface area contributed by atoms with Gasteiger partial charge < -0.3 is 10.4 Å². The fraction of sp³-hybridized carbons (Fsp3) is 0.412. The van der Waals surface area contributed by atoms with Gasteiger partial charge in [0.05, 0.1) is 24.4 Å². The first kappa shape index (κ1) is 17.5. The molecule has 0 fully saturated rings. The van der Waals surface area contributed by atoms with Crippen LogP contribution < -0.4 is 5.32 Å². The predicted octanol–water partition coefficient (Wildman–Crippen LogP) is 2.72. The van der Waals surface area contributed by atoms with Crippen molar-refractivity contribution < 1.29 is 9.90 Å². The number of aromatic nitrogens is 2. The number of amides is 1. The molecule has 1 amide bonds. The summed E-state index contributed by atoms with van der Waals surface area (Å²) in [5.41, 5.74) is 1.44. The number of rotatable bonds is 7. The first-order valence-electron chi connectivity index (χ1n) is 7.69. The predicted molar refractivity (Wildman–Crippen MR) is 90.6 cm³/mol. The van der Waals surface area contributed by atoms with E-state index >= 15 is 0 Å². The third-order valence-electron chi connectivity index (χ3n) is 3.68. The van der Waals surface area contributed by atoms with Crippen molar-refractivity contribution >= 4 is 17.5 Å². The highest BCUT2D eigenvalue weighted by Gasteiger charge is 2.12. The number of benzene rings is 1. The maximum atomic E-state index is 12.1. The number of nitrogens with one attached hydrogen (secondary N) is 1. The molecule has 2 N–H and O–H groups in total. The summed E-state index contributed by atoms with van der Waals surface area (Å²) in [5.74, 6) is -0.00311. The molecule has 23 heavy (non-hydrogen) atoms. The minimum atomic E-state index is -0.404. The molecular weight excluding hydrogens is 314 g/mol. The number of hydrogen-bond donors (Lipinski definition) is 2. The number of aliphatic hydroxyl groups excluding tert-OH is 1. The molecule has 2 aromatic rings. The van der Waals surface area contributed by atoms with Crippen molar-refractivity contribution in [2.45, 2.75) is 32.9 Å². The Morgan fingerprint density at radius 3 is 2.83 bits per heavy atom. The van der Waals surface area contributed by atoms with Gasteiger partial charge in [-0.05, 0) is 24.0 Å². The van der Waals surface area contributed by atoms with Crippen molar-refractivity contribution in [3.05, 3.63) is 52.8 Å². The highest BCUT2D eigenvalue weighted by atomic mass is 35.5. The van der Waals surface area contributed by atoms with E-state index in [1.165, 1.54) is 6.20 Å². The quantitative estimate of drug-likeness (QED) is 0.817. The van der Waals surface area contributed by atoms with Crippen LogP contribution in [0.2, 0.25) is 5.02 Å². The van der Waals surface area contributed by atoms with E-state index in [2.05, 4.69) is 10.4 Å². The Morgan fingerprint density at radius 1 is 1.39 bits per heavy atom. The SMILES string of the molecule is CC(C)C(O)CCNC(=O)c1cnn(Cc2ccccc2Cl)c1. The molecule has 1 aromatic heterocycles. The average Bonchev–Trinajstić information content (AvgIpc) is 2.98. The van der Waals surface area contributed by atoms with Gasteiger partial charge in [0.1, 0.15) is 0 Å². The Morgan fingerprint density at radius 2 is 2.13 bits per heavy atom. The fourth-order valence-electron chi connectivity index (χ4n) is 2.14. The summed E-state index contributed by atoms with van der Waals surface area (Å²) in [4.78, 5) is 12.1. The Bertz CT molecular complexity index is 655. The summed E-state index contributed by atoms with van der Waals surface area (Å²) in [6.45, 7) is 4.85. The zero-order chi connectivity index (χ0) is 16.8. The molecule has 0 aliphatic carbocycles. The van der Waals surface area contributed by atoms with E-state index in [-0.39, 0.29) is 11.8 Å². The normalized spacial score (nSPS) is 12.4. The van der Waals surface area contributed by atoms with Crippen LogP contribution in [-0.4, -0.2) is 33.4 Å². The van der Waals surface area contributed by atoms with E-state index in [1.807, 2.05) is 38.1 Å². The highest BCUT2D eigenvalue weighted by Crippen LogP contribution is 2.16. The minimum Gasteiger partial charge on any atom is -0.393 e. The van der Waals surface area contributed by atoms with Crippen LogP contribution >= 0.6 is 11.6 Å². The van der Waals surface area contributed by atoms with Crippen LogP contribution in [0.4, 0.5) is 0 Å². The lowest BCUT2D eigenvalue weighted by atomic mass is 10.0. The Balaban J connectivity index is 1.89. The lowest BCUT2D eigenvalue weighted by Gasteiger charge is -2.14. The van der Waals surface area contributed by atoms with Crippen LogP contribution in [0.1, 0.15) is 36.2 Å². The van der Waals surface area contributed by atoms with Gasteiger partial charge in [-0.15, -0.1) is 0 Å². The standard InChI is InChI=1S/C17H22ClN3O2/c1-12(2)16(22)7-8-19-17(23)14-9-20-21(11-14)10-13-5-3-4-6-15(13)18/h3-6,9,11-12,16,22H,7-8,10H2,1-2H3,(H,19,23). The molecule has 0 saturated carbocycles. The molecule has 0 aliphatic rings. The summed E-state index contributed by atoms with van der Waals surface area (Å²) in [6, 6.07) is 7.54. The number of nitrogens with zero attached hydrogens (tertiary/aromatic N) is 2. The van der Waals surface area contributed by atoms with E-state index < -0.39 is 6.10 Å². The summed E-state index contributed by atoms with van der Waals surface area (Å²) in [6.07, 6.45) is 3.36. The van der Waals surface area contributed by atoms with Gasteiger partial charge in [0.2, 0.25) is 0 Å². The topological polar surface area (TPSA) is 67.2 Å². The van der Waals surface area contributed by atoms with Crippen LogP contribution in [0.15, 0.2) is 36.7 Å². The first-order valence-corrected chi connectivity index (χ1v) is 8.07. The molecule has 6 heteroatoms. The lowest BCUT2D eigenvalue weighted by molar-refractivity contribution is 0.0920. The number of aliphatic hydroxyl groups is 1. The van der Waals surface area contributed by atoms with Crippen molar-refractivity contribution in [2.75, 3.05) is 6.54 Å². The molecule has 0 bridgehead atoms. The maximum Gasteiger partial charge on any atom is 0.254 e. The third kappa shape index (κ3) is 5.08. The van der Waals surface area contributed by atoms with Gasteiger partial charge in [0, 0.05) is 17.8 Å². The highest BCUT2D eigenvalue weighted by molar-refractivity contribution is 6.31. The van der Waals surface area contributed by atoms with E-state index in [9.17, 15) is 9.90 Å². The maximum absolute atomic E-state index is 12.1. The van der Waals surface area contributed by atoms with Gasteiger partial charge in [-0.2, -0.15) is 5.10 Å². The van der Waals surface area contributed by atoms with Gasteiger partial charge in [-0.3, -0.25) is 9.48 Å². The second kappa shape index (κ2) is 8.13. The number of carbonyl (C=O) groups is 1. The third-order valence-corrected chi connectivity index (χ3v) is 4.05. The summed E-state index contributed by atoms with van der Waals surface area (Å²) in [5, 5.41) is 17.4. The summed E-state index contributed by atoms with van der Waals surface area (Å²) < 4.78 is 1.68. The fourth-order valence-corrected chi connectivity index (χ4v) is 2.33. The Kier molecular flexibility index (Phi) is 6.19. The van der Waals surface area contributed by atoms with E-state index in [0.29, 0.717) is 30.1 Å². The molecule has 0 radical (unpaired) electrons. The number of carbonyl (C=O) groups excluding carboxylic acids is 1. The number of hydrogen-bond acceptors (Lipinski definition) is 3. The van der Waals surface area contributed by atoms with Gasteiger partial charge in [-0.25, -0.2) is 0 Å². The monoisotopic (exact) mass is 335 g/mol. The molecule has 124 valence electrons. The molecule has 1 unspecified atom stereocenters. The Labute approximate surface area is 141 Å². The van der Waals surface area contributed by atoms with Gasteiger partial charge in [-0.1, -0.05) is 43.6 Å². The summed E-state index contributed by atoms with van der Waals surface area (Å²) in [7, 11) is 0. The van der Waals surface area contributed by atoms with Gasteiger partial charge >= 0.3 is 0 Å². The largest absolute Gasteiger partial charge is 0.393 e. The van der Waals surface area contributed by atoms with Crippen molar-refractivity contribution in [2.24, 2.45) is 5.92 Å². The van der Waals surface area contributed by atoms with E-state index in [0.717, 1.165) is 5.56 Å². The second-order valence-corrected chi connectivity index (χ2v) is 6.28. The van der Waals surface area contributed by atoms with E-state index in [4.69, 9.17) is 11.6 Å². The molecule has 1 atom stereocenters. The second-order valence-electron chi connectivity index (χ2n) is 5.87. The molecule has 0 spiro atoms. The lowest BCUT2D eigenvalue weighted by Crippen LogP contribution is -2.28. The van der Waals surface area contributed by atoms with Crippen molar-refractivity contribution in [1.82, 2.24) is 15.1 Å². The Hall–Kier alpha value is -1.85. The molecule has 2 rings (SSSR count). The zero-order valence-electron chi connectivity index (χ0n) is 13.4. The summed E-state index contributed by atoms with van der Waals surface area (Å²) >= 11 is 6.12. The van der Waals surface area contributed by atoms with Crippen LogP contribution in [0.25, 0.3) is 0 Å². The zero-order valence-corrected chi connectivity index (χ0v) is 14.1. The van der Waals surface area contributed by atoms with E-state index in [1.54, 1.807) is 10.9 Å². The molecule has 0 saturated heterocycles. The van der Waals surface area contributed by atoms with Crippen molar-refractivity contribution in [1.29, 1.82) is 0 Å². The molecule has 1 aromatic carbocycles. The van der Waals surface area contributed by atoms with Crippen LogP contribution in [-0.2, 0) is 6.54 Å². The molecule has 1 heterocycles. The average molecular weight is 336 g/mol. The minimum absolute atomic E-state index is 0.185. The van der Waals surface area contributed by atoms with Gasteiger partial charge in [0.25, 0.3) is 5.91 Å². The van der Waals surface area contributed by atoms with Crippen LogP contribution in [0.5, 0.6) is 0 Å². The molecule has 0 aliphatic heterocycles. The van der Waals surface area contributed by atoms with Crippen LogP contribution in [0.3, 0.4) is 0 Å². The molecular formula is C17H22ClN3O2. The smallest absolute Gasteiger partial charge is 0.254 e. The van der Waals surface area contributed by atoms with Crippen molar-refractivity contribution in [3.63, 3.8) is 0 Å². The first-order chi connectivity index (χ1) is 11.0. The molecule has 5 nitrogen and oxygen atoms in total. The van der Waals surface area contributed by atoms with Gasteiger partial charge in [0.15, 0.2) is 0 Å². The number of halogens is 1.